The summed E-state index contributed by atoms with van der Waals surface area (Å²) in [6.07, 6.45) is 3.93. The highest BCUT2D eigenvalue weighted by Gasteiger charge is 2.23. The molecule has 25 heavy (non-hydrogen) atoms. The summed E-state index contributed by atoms with van der Waals surface area (Å²) in [5.74, 6) is 0.499. The number of hydrogen-bond donors (Lipinski definition) is 2. The fraction of sp³-hybridized carbons (Fsp3) is 0.111. The Bertz CT molecular complexity index is 852. The maximum Gasteiger partial charge on any atom is 0.320 e. The van der Waals surface area contributed by atoms with Crippen LogP contribution >= 0.6 is 0 Å². The van der Waals surface area contributed by atoms with Crippen molar-refractivity contribution >= 4 is 11.7 Å². The molecule has 0 saturated carbocycles. The number of para-hydroxylation sites is 1. The van der Waals surface area contributed by atoms with Crippen LogP contribution in [-0.2, 0) is 0 Å². The van der Waals surface area contributed by atoms with Gasteiger partial charge in [-0.1, -0.05) is 18.2 Å². The van der Waals surface area contributed by atoms with Crippen molar-refractivity contribution in [2.45, 2.75) is 6.04 Å². The molecule has 3 aromatic rings. The molecule has 1 unspecified atom stereocenters. The number of nitrogens with zero attached hydrogens (tertiary/aromatic N) is 1. The quantitative estimate of drug-likeness (QED) is 0.741. The molecule has 128 valence electrons. The van der Waals surface area contributed by atoms with Crippen LogP contribution in [0.4, 0.5) is 14.9 Å². The minimum Gasteiger partial charge on any atom is -0.496 e. The number of methoxy groups -OCH3 is 1. The molecule has 0 spiro atoms. The van der Waals surface area contributed by atoms with Crippen molar-refractivity contribution in [2.24, 2.45) is 0 Å². The van der Waals surface area contributed by atoms with Crippen LogP contribution in [0.3, 0.4) is 0 Å². The lowest BCUT2D eigenvalue weighted by Gasteiger charge is -2.20. The van der Waals surface area contributed by atoms with Crippen molar-refractivity contribution in [1.29, 1.82) is 0 Å². The summed E-state index contributed by atoms with van der Waals surface area (Å²) in [5.41, 5.74) is 0.746. The number of amides is 2. The Morgan fingerprint density at radius 2 is 2.08 bits per heavy atom. The van der Waals surface area contributed by atoms with Crippen molar-refractivity contribution in [3.05, 3.63) is 78.3 Å². The molecule has 0 fully saturated rings. The molecule has 6 nitrogen and oxygen atoms in total. The van der Waals surface area contributed by atoms with E-state index in [1.165, 1.54) is 18.5 Å². The van der Waals surface area contributed by atoms with Gasteiger partial charge in [-0.2, -0.15) is 0 Å². The molecule has 0 aliphatic carbocycles. The fourth-order valence-electron chi connectivity index (χ4n) is 2.43. The van der Waals surface area contributed by atoms with Crippen LogP contribution in [-0.4, -0.2) is 18.1 Å². The number of carbonyl (C=O) groups is 1. The van der Waals surface area contributed by atoms with Crippen molar-refractivity contribution < 1.29 is 18.3 Å². The molecule has 2 amide bonds. The minimum absolute atomic E-state index is 0.0331. The number of hydrogen-bond acceptors (Lipinski definition) is 4. The molecule has 0 bridgehead atoms. The Morgan fingerprint density at radius 3 is 2.80 bits per heavy atom. The molecule has 0 aliphatic heterocycles. The van der Waals surface area contributed by atoms with E-state index in [2.05, 4.69) is 15.6 Å². The summed E-state index contributed by atoms with van der Waals surface area (Å²) >= 11 is 0. The summed E-state index contributed by atoms with van der Waals surface area (Å²) in [6, 6.07) is 10.9. The third-order valence-corrected chi connectivity index (χ3v) is 3.57. The van der Waals surface area contributed by atoms with Crippen LogP contribution in [0.5, 0.6) is 5.75 Å². The van der Waals surface area contributed by atoms with E-state index in [0.29, 0.717) is 17.1 Å². The number of carbonyl (C=O) groups excluding carboxylic acids is 1. The van der Waals surface area contributed by atoms with E-state index in [1.54, 1.807) is 25.3 Å². The number of rotatable bonds is 5. The zero-order chi connectivity index (χ0) is 17.6. The topological polar surface area (TPSA) is 76.4 Å². The maximum absolute atomic E-state index is 13.7. The van der Waals surface area contributed by atoms with Crippen LogP contribution in [0, 0.1) is 5.82 Å². The molecule has 0 radical (unpaired) electrons. The van der Waals surface area contributed by atoms with Gasteiger partial charge in [0.05, 0.1) is 25.3 Å². The first-order chi connectivity index (χ1) is 12.2. The first-order valence-corrected chi connectivity index (χ1v) is 7.52. The number of anilines is 1. The Morgan fingerprint density at radius 1 is 1.24 bits per heavy atom. The van der Waals surface area contributed by atoms with Gasteiger partial charge >= 0.3 is 6.03 Å². The van der Waals surface area contributed by atoms with Gasteiger partial charge < -0.3 is 19.8 Å². The second-order valence-electron chi connectivity index (χ2n) is 5.14. The monoisotopic (exact) mass is 341 g/mol. The highest BCUT2D eigenvalue weighted by atomic mass is 19.1. The molecule has 0 aliphatic rings. The second kappa shape index (κ2) is 7.48. The van der Waals surface area contributed by atoms with E-state index >= 15 is 0 Å². The van der Waals surface area contributed by atoms with Crippen LogP contribution in [0.1, 0.15) is 17.4 Å². The Hall–Kier alpha value is -3.35. The molecule has 2 heterocycles. The number of halogens is 1. The zero-order valence-electron chi connectivity index (χ0n) is 13.4. The predicted octanol–water partition coefficient (Wildman–Crippen LogP) is 3.73. The van der Waals surface area contributed by atoms with Gasteiger partial charge in [-0.05, 0) is 24.3 Å². The summed E-state index contributed by atoms with van der Waals surface area (Å²) in [7, 11) is 1.55. The van der Waals surface area contributed by atoms with E-state index in [4.69, 9.17) is 9.15 Å². The normalized spacial score (nSPS) is 11.6. The molecular weight excluding hydrogens is 325 g/mol. The van der Waals surface area contributed by atoms with Crippen LogP contribution in [0.15, 0.2) is 65.5 Å². The van der Waals surface area contributed by atoms with Crippen LogP contribution in [0.25, 0.3) is 0 Å². The highest BCUT2D eigenvalue weighted by molar-refractivity contribution is 5.89. The first-order valence-electron chi connectivity index (χ1n) is 7.52. The van der Waals surface area contributed by atoms with Gasteiger partial charge in [-0.3, -0.25) is 4.98 Å². The zero-order valence-corrected chi connectivity index (χ0v) is 13.4. The third-order valence-electron chi connectivity index (χ3n) is 3.57. The van der Waals surface area contributed by atoms with Gasteiger partial charge in [0.15, 0.2) is 5.82 Å². The number of nitrogens with one attached hydrogen (secondary N) is 2. The van der Waals surface area contributed by atoms with Crippen molar-refractivity contribution in [1.82, 2.24) is 10.3 Å². The average molecular weight is 341 g/mol. The van der Waals surface area contributed by atoms with Gasteiger partial charge in [0.1, 0.15) is 17.6 Å². The standard InChI is InChI=1S/C18H16FN3O3/c1-24-15-6-3-2-5-12(15)17(16-7-4-10-25-16)22-18(23)21-14-8-9-20-11-13(14)19/h2-11,17H,1H3,(H2,20,21,22,23). The lowest BCUT2D eigenvalue weighted by Crippen LogP contribution is -2.33. The first kappa shape index (κ1) is 16.5. The number of pyridine rings is 1. The Balaban J connectivity index is 1.86. The molecule has 2 N–H and O–H groups in total. The predicted molar refractivity (Wildman–Crippen MR) is 89.9 cm³/mol. The van der Waals surface area contributed by atoms with Crippen LogP contribution < -0.4 is 15.4 Å². The maximum atomic E-state index is 13.7. The fourth-order valence-corrected chi connectivity index (χ4v) is 2.43. The lowest BCUT2D eigenvalue weighted by atomic mass is 10.0. The van der Waals surface area contributed by atoms with Gasteiger partial charge in [0, 0.05) is 11.8 Å². The summed E-state index contributed by atoms with van der Waals surface area (Å²) in [6.45, 7) is 0. The second-order valence-corrected chi connectivity index (χ2v) is 5.14. The number of ether oxygens (including phenoxy) is 1. The Kier molecular flexibility index (Phi) is 4.94. The number of benzene rings is 1. The highest BCUT2D eigenvalue weighted by Crippen LogP contribution is 2.30. The average Bonchev–Trinajstić information content (AvgIpc) is 3.16. The molecule has 1 atom stereocenters. The van der Waals surface area contributed by atoms with E-state index < -0.39 is 17.9 Å². The lowest BCUT2D eigenvalue weighted by molar-refractivity contribution is 0.248. The summed E-state index contributed by atoms with van der Waals surface area (Å²) in [5, 5.41) is 5.24. The number of furan rings is 1. The number of aromatic nitrogens is 1. The van der Waals surface area contributed by atoms with E-state index in [0.717, 1.165) is 6.20 Å². The van der Waals surface area contributed by atoms with Crippen molar-refractivity contribution in [3.63, 3.8) is 0 Å². The van der Waals surface area contributed by atoms with Gasteiger partial charge in [0.2, 0.25) is 0 Å². The van der Waals surface area contributed by atoms with Gasteiger partial charge in [-0.15, -0.1) is 0 Å². The largest absolute Gasteiger partial charge is 0.496 e. The van der Waals surface area contributed by atoms with E-state index in [9.17, 15) is 9.18 Å². The molecule has 1 aromatic carbocycles. The molecule has 2 aromatic heterocycles. The smallest absolute Gasteiger partial charge is 0.320 e. The van der Waals surface area contributed by atoms with Gasteiger partial charge in [-0.25, -0.2) is 9.18 Å². The SMILES string of the molecule is COc1ccccc1C(NC(=O)Nc1ccncc1F)c1ccco1. The Labute approximate surface area is 143 Å². The molecule has 3 rings (SSSR count). The molecular formula is C18H16FN3O3. The van der Waals surface area contributed by atoms with E-state index in [1.807, 2.05) is 18.2 Å². The van der Waals surface area contributed by atoms with Crippen molar-refractivity contribution in [3.8, 4) is 5.75 Å². The molecule has 7 heteroatoms. The van der Waals surface area contributed by atoms with Crippen LogP contribution in [0.2, 0.25) is 0 Å². The summed E-state index contributed by atoms with van der Waals surface area (Å²) < 4.78 is 24.5. The molecule has 0 saturated heterocycles. The van der Waals surface area contributed by atoms with E-state index in [-0.39, 0.29) is 5.69 Å². The third kappa shape index (κ3) is 3.77. The van der Waals surface area contributed by atoms with Crippen molar-refractivity contribution in [2.75, 3.05) is 12.4 Å². The minimum atomic E-state index is -0.621. The summed E-state index contributed by atoms with van der Waals surface area (Å²) in [4.78, 5) is 16.0. The number of urea groups is 1. The van der Waals surface area contributed by atoms with Gasteiger partial charge in [0.25, 0.3) is 0 Å².